The van der Waals surface area contributed by atoms with Crippen LogP contribution in [0, 0.1) is 0 Å². The Balaban J connectivity index is 2.04. The fourth-order valence-corrected chi connectivity index (χ4v) is 1.19. The molecule has 0 aliphatic rings. The Kier molecular flexibility index (Phi) is 5.39. The van der Waals surface area contributed by atoms with E-state index in [1.54, 1.807) is 12.5 Å². The Morgan fingerprint density at radius 2 is 2.50 bits per heavy atom. The van der Waals surface area contributed by atoms with Crippen LogP contribution in [0.5, 0.6) is 0 Å². The van der Waals surface area contributed by atoms with Crippen LogP contribution < -0.4 is 5.32 Å². The molecule has 1 aromatic rings. The van der Waals surface area contributed by atoms with Gasteiger partial charge in [0.2, 0.25) is 0 Å². The average Bonchev–Trinajstić information content (AvgIpc) is 2.77. The highest BCUT2D eigenvalue weighted by molar-refractivity contribution is 5.67. The third-order valence-corrected chi connectivity index (χ3v) is 2.36. The van der Waals surface area contributed by atoms with Crippen LogP contribution in [0.15, 0.2) is 12.5 Å². The first kappa shape index (κ1) is 12.5. The molecular formula is C11H19N3O2. The highest BCUT2D eigenvalue weighted by Crippen LogP contribution is 1.97. The zero-order valence-electron chi connectivity index (χ0n) is 9.82. The number of imidazole rings is 1. The third kappa shape index (κ3) is 4.82. The Morgan fingerprint density at radius 1 is 1.69 bits per heavy atom. The summed E-state index contributed by atoms with van der Waals surface area (Å²) >= 11 is 0. The summed E-state index contributed by atoms with van der Waals surface area (Å²) < 4.78 is 5.03. The number of hydrogen-bond acceptors (Lipinski definition) is 3. The number of nitrogens with zero attached hydrogens (tertiary/aromatic N) is 1. The normalized spacial score (nSPS) is 12.1. The van der Waals surface area contributed by atoms with Gasteiger partial charge in [-0.1, -0.05) is 6.92 Å². The maximum Gasteiger partial charge on any atom is 0.407 e. The minimum atomic E-state index is -0.334. The molecular weight excluding hydrogens is 206 g/mol. The van der Waals surface area contributed by atoms with Crippen LogP contribution in [0.2, 0.25) is 0 Å². The predicted octanol–water partition coefficient (Wildman–Crippen LogP) is 1.87. The predicted molar refractivity (Wildman–Crippen MR) is 61.1 cm³/mol. The fourth-order valence-electron chi connectivity index (χ4n) is 1.19. The second-order valence-electron chi connectivity index (χ2n) is 3.77. The van der Waals surface area contributed by atoms with Crippen molar-refractivity contribution < 1.29 is 9.53 Å². The van der Waals surface area contributed by atoms with E-state index >= 15 is 0 Å². The second-order valence-corrected chi connectivity index (χ2v) is 3.77. The lowest BCUT2D eigenvalue weighted by Gasteiger charge is -2.11. The van der Waals surface area contributed by atoms with Gasteiger partial charge in [0, 0.05) is 17.9 Å². The van der Waals surface area contributed by atoms with E-state index in [1.165, 1.54) is 0 Å². The smallest absolute Gasteiger partial charge is 0.407 e. The van der Waals surface area contributed by atoms with Crippen molar-refractivity contribution in [1.29, 1.82) is 0 Å². The SMILES string of the molecule is CC[C@H](C)NC(=O)OCCCc1cnc[nH]1. The van der Waals surface area contributed by atoms with Gasteiger partial charge in [-0.25, -0.2) is 9.78 Å². The van der Waals surface area contributed by atoms with E-state index < -0.39 is 0 Å². The first-order valence-electron chi connectivity index (χ1n) is 5.63. The van der Waals surface area contributed by atoms with Gasteiger partial charge in [0.1, 0.15) is 0 Å². The number of ether oxygens (including phenoxy) is 1. The molecule has 0 spiro atoms. The van der Waals surface area contributed by atoms with E-state index in [9.17, 15) is 4.79 Å². The lowest BCUT2D eigenvalue weighted by molar-refractivity contribution is 0.141. The van der Waals surface area contributed by atoms with Gasteiger partial charge >= 0.3 is 6.09 Å². The number of carbonyl (C=O) groups is 1. The summed E-state index contributed by atoms with van der Waals surface area (Å²) in [6, 6.07) is 0.167. The Bertz CT molecular complexity index is 298. The number of aryl methyl sites for hydroxylation is 1. The van der Waals surface area contributed by atoms with E-state index in [0.717, 1.165) is 25.0 Å². The zero-order valence-corrected chi connectivity index (χ0v) is 9.82. The van der Waals surface area contributed by atoms with Gasteiger partial charge in [-0.3, -0.25) is 0 Å². The molecule has 1 aromatic heterocycles. The number of rotatable bonds is 6. The van der Waals surface area contributed by atoms with E-state index in [4.69, 9.17) is 4.74 Å². The lowest BCUT2D eigenvalue weighted by Crippen LogP contribution is -2.32. The highest BCUT2D eigenvalue weighted by atomic mass is 16.5. The fraction of sp³-hybridized carbons (Fsp3) is 0.636. The van der Waals surface area contributed by atoms with Gasteiger partial charge in [0.15, 0.2) is 0 Å². The molecule has 0 aliphatic carbocycles. The van der Waals surface area contributed by atoms with Gasteiger partial charge in [-0.15, -0.1) is 0 Å². The molecule has 90 valence electrons. The minimum absolute atomic E-state index is 0.167. The summed E-state index contributed by atoms with van der Waals surface area (Å²) in [7, 11) is 0. The van der Waals surface area contributed by atoms with Crippen LogP contribution >= 0.6 is 0 Å². The monoisotopic (exact) mass is 225 g/mol. The van der Waals surface area contributed by atoms with Crippen molar-refractivity contribution in [3.8, 4) is 0 Å². The Hall–Kier alpha value is -1.52. The number of amides is 1. The van der Waals surface area contributed by atoms with Gasteiger partial charge in [0.25, 0.3) is 0 Å². The quantitative estimate of drug-likeness (QED) is 0.726. The molecule has 0 unspecified atom stereocenters. The maximum absolute atomic E-state index is 11.2. The standard InChI is InChI=1S/C11H19N3O2/c1-3-9(2)14-11(15)16-6-4-5-10-7-12-8-13-10/h7-9H,3-6H2,1-2H3,(H,12,13)(H,14,15)/t9-/m0/s1. The van der Waals surface area contributed by atoms with Crippen LogP contribution in [-0.4, -0.2) is 28.7 Å². The zero-order chi connectivity index (χ0) is 11.8. The molecule has 0 radical (unpaired) electrons. The minimum Gasteiger partial charge on any atom is -0.450 e. The van der Waals surface area contributed by atoms with Crippen LogP contribution in [0.4, 0.5) is 4.79 Å². The number of aromatic nitrogens is 2. The number of nitrogens with one attached hydrogen (secondary N) is 2. The average molecular weight is 225 g/mol. The number of carbonyl (C=O) groups excluding carboxylic acids is 1. The summed E-state index contributed by atoms with van der Waals surface area (Å²) in [5.74, 6) is 0. The summed E-state index contributed by atoms with van der Waals surface area (Å²) in [6.45, 7) is 4.40. The van der Waals surface area contributed by atoms with E-state index in [1.807, 2.05) is 13.8 Å². The van der Waals surface area contributed by atoms with Gasteiger partial charge in [0.05, 0.1) is 12.9 Å². The number of alkyl carbamates (subject to hydrolysis) is 1. The van der Waals surface area contributed by atoms with Gasteiger partial charge in [-0.2, -0.15) is 0 Å². The van der Waals surface area contributed by atoms with Crippen molar-refractivity contribution in [2.75, 3.05) is 6.61 Å². The topological polar surface area (TPSA) is 67.0 Å². The molecule has 1 rings (SSSR count). The Labute approximate surface area is 95.6 Å². The molecule has 0 fully saturated rings. The lowest BCUT2D eigenvalue weighted by atomic mass is 10.2. The van der Waals surface area contributed by atoms with Crippen LogP contribution in [0.25, 0.3) is 0 Å². The molecule has 5 nitrogen and oxygen atoms in total. The number of hydrogen-bond donors (Lipinski definition) is 2. The molecule has 0 saturated carbocycles. The van der Waals surface area contributed by atoms with Crippen LogP contribution in [0.1, 0.15) is 32.4 Å². The molecule has 0 aliphatic heterocycles. The number of aromatic amines is 1. The van der Waals surface area contributed by atoms with Crippen molar-refractivity contribution in [3.63, 3.8) is 0 Å². The van der Waals surface area contributed by atoms with Gasteiger partial charge < -0.3 is 15.0 Å². The van der Waals surface area contributed by atoms with Crippen molar-refractivity contribution in [1.82, 2.24) is 15.3 Å². The molecule has 1 amide bonds. The molecule has 0 saturated heterocycles. The van der Waals surface area contributed by atoms with Crippen molar-refractivity contribution in [2.24, 2.45) is 0 Å². The first-order valence-corrected chi connectivity index (χ1v) is 5.63. The molecule has 16 heavy (non-hydrogen) atoms. The van der Waals surface area contributed by atoms with E-state index in [0.29, 0.717) is 6.61 Å². The van der Waals surface area contributed by atoms with Gasteiger partial charge in [-0.05, 0) is 26.2 Å². The molecule has 0 bridgehead atoms. The summed E-state index contributed by atoms with van der Waals surface area (Å²) in [6.07, 6.45) is 5.64. The van der Waals surface area contributed by atoms with Crippen molar-refractivity contribution in [2.45, 2.75) is 39.2 Å². The molecule has 1 heterocycles. The third-order valence-electron chi connectivity index (χ3n) is 2.36. The van der Waals surface area contributed by atoms with E-state index in [2.05, 4.69) is 15.3 Å². The molecule has 0 aromatic carbocycles. The van der Waals surface area contributed by atoms with E-state index in [-0.39, 0.29) is 12.1 Å². The number of H-pyrrole nitrogens is 1. The molecule has 1 atom stereocenters. The van der Waals surface area contributed by atoms with Crippen molar-refractivity contribution in [3.05, 3.63) is 18.2 Å². The first-order chi connectivity index (χ1) is 7.72. The maximum atomic E-state index is 11.2. The summed E-state index contributed by atoms with van der Waals surface area (Å²) in [5, 5.41) is 2.74. The van der Waals surface area contributed by atoms with Crippen LogP contribution in [0.3, 0.4) is 0 Å². The summed E-state index contributed by atoms with van der Waals surface area (Å²) in [5.41, 5.74) is 1.06. The van der Waals surface area contributed by atoms with Crippen LogP contribution in [-0.2, 0) is 11.2 Å². The largest absolute Gasteiger partial charge is 0.450 e. The molecule has 5 heteroatoms. The molecule has 2 N–H and O–H groups in total. The van der Waals surface area contributed by atoms with Crippen molar-refractivity contribution >= 4 is 6.09 Å². The Morgan fingerprint density at radius 3 is 3.12 bits per heavy atom. The summed E-state index contributed by atoms with van der Waals surface area (Å²) in [4.78, 5) is 18.1. The highest BCUT2D eigenvalue weighted by Gasteiger charge is 2.05. The second kappa shape index (κ2) is 6.87.